The first-order valence-electron chi connectivity index (χ1n) is 7.47. The van der Waals surface area contributed by atoms with Crippen molar-refractivity contribution in [2.75, 3.05) is 7.11 Å². The number of phenols is 1. The molecule has 0 saturated carbocycles. The zero-order valence-corrected chi connectivity index (χ0v) is 16.2. The molecular weight excluding hydrogens is 438 g/mol. The van der Waals surface area contributed by atoms with E-state index in [1.807, 2.05) is 0 Å². The molecule has 0 bridgehead atoms. The molecular formula is C17H12BrN3O5S. The fourth-order valence-electron chi connectivity index (χ4n) is 2.30. The summed E-state index contributed by atoms with van der Waals surface area (Å²) in [4.78, 5) is 23.0. The molecule has 0 spiro atoms. The third kappa shape index (κ3) is 4.07. The summed E-state index contributed by atoms with van der Waals surface area (Å²) in [7, 11) is 1.43. The molecule has 3 aromatic rings. The Balaban J connectivity index is 1.76. The number of hydrogen-bond acceptors (Lipinski definition) is 7. The number of hydrogen-bond donors (Lipinski definition) is 2. The van der Waals surface area contributed by atoms with Gasteiger partial charge in [-0.3, -0.25) is 14.9 Å². The van der Waals surface area contributed by atoms with Crippen LogP contribution in [0.1, 0.15) is 15.2 Å². The van der Waals surface area contributed by atoms with Gasteiger partial charge >= 0.3 is 0 Å². The van der Waals surface area contributed by atoms with Crippen LogP contribution < -0.4 is 10.2 Å². The second-order valence-electron chi connectivity index (χ2n) is 5.34. The van der Waals surface area contributed by atoms with Crippen LogP contribution in [-0.2, 0) is 0 Å². The molecule has 0 aliphatic rings. The topological polar surface area (TPSA) is 114 Å². The highest BCUT2D eigenvalue weighted by Gasteiger charge is 2.13. The molecule has 8 nitrogen and oxygen atoms in total. The van der Waals surface area contributed by atoms with Crippen LogP contribution in [0, 0.1) is 10.1 Å². The first kappa shape index (κ1) is 18.8. The number of nitrogens with zero attached hydrogens (tertiary/aromatic N) is 2. The van der Waals surface area contributed by atoms with Crippen LogP contribution in [0.5, 0.6) is 11.5 Å². The number of methoxy groups -OCH3 is 1. The van der Waals surface area contributed by atoms with Crippen molar-refractivity contribution < 1.29 is 19.6 Å². The quantitative estimate of drug-likeness (QED) is 0.346. The summed E-state index contributed by atoms with van der Waals surface area (Å²) in [6, 6.07) is 9.19. The summed E-state index contributed by atoms with van der Waals surface area (Å²) in [5.74, 6) is -0.193. The fourth-order valence-corrected chi connectivity index (χ4v) is 3.69. The molecule has 2 aromatic carbocycles. The largest absolute Gasteiger partial charge is 0.503 e. The second kappa shape index (κ2) is 7.72. The number of ether oxygens (including phenoxy) is 1. The molecule has 1 heterocycles. The molecule has 3 rings (SSSR count). The third-order valence-electron chi connectivity index (χ3n) is 3.58. The maximum absolute atomic E-state index is 12.2. The number of carbonyl (C=O) groups is 1. The van der Waals surface area contributed by atoms with Gasteiger partial charge in [-0.15, -0.1) is 11.3 Å². The number of carbonyl (C=O) groups excluding carboxylic acids is 1. The van der Waals surface area contributed by atoms with E-state index in [0.29, 0.717) is 20.3 Å². The number of phenolic OH excluding ortho intramolecular Hbond substituents is 1. The minimum Gasteiger partial charge on any atom is -0.503 e. The van der Waals surface area contributed by atoms with Gasteiger partial charge in [0.25, 0.3) is 11.6 Å². The Labute approximate surface area is 165 Å². The molecule has 10 heteroatoms. The van der Waals surface area contributed by atoms with E-state index in [-0.39, 0.29) is 17.2 Å². The number of rotatable bonds is 5. The highest BCUT2D eigenvalue weighted by atomic mass is 79.9. The van der Waals surface area contributed by atoms with Crippen LogP contribution >= 0.6 is 27.3 Å². The molecule has 0 aliphatic heterocycles. The van der Waals surface area contributed by atoms with Gasteiger partial charge < -0.3 is 9.84 Å². The molecule has 0 radical (unpaired) electrons. The van der Waals surface area contributed by atoms with Crippen molar-refractivity contribution in [1.29, 1.82) is 0 Å². The van der Waals surface area contributed by atoms with Gasteiger partial charge in [0.05, 0.1) is 27.6 Å². The Kier molecular flexibility index (Phi) is 5.38. The second-order valence-corrected chi connectivity index (χ2v) is 7.28. The van der Waals surface area contributed by atoms with Crippen molar-refractivity contribution in [1.82, 2.24) is 5.43 Å². The van der Waals surface area contributed by atoms with Crippen molar-refractivity contribution in [3.05, 3.63) is 61.4 Å². The highest BCUT2D eigenvalue weighted by molar-refractivity contribution is 9.10. The monoisotopic (exact) mass is 449 g/mol. The number of fused-ring (bicyclic) bond motifs is 1. The van der Waals surface area contributed by atoms with Gasteiger partial charge in [0.2, 0.25) is 0 Å². The van der Waals surface area contributed by atoms with Crippen LogP contribution in [-0.4, -0.2) is 29.3 Å². The summed E-state index contributed by atoms with van der Waals surface area (Å²) in [6.07, 6.45) is 1.41. The minimum atomic E-state index is -0.481. The van der Waals surface area contributed by atoms with Gasteiger partial charge in [-0.05, 0) is 45.8 Å². The Hall–Kier alpha value is -2.98. The van der Waals surface area contributed by atoms with Gasteiger partial charge in [0.1, 0.15) is 0 Å². The zero-order valence-electron chi connectivity index (χ0n) is 13.8. The van der Waals surface area contributed by atoms with E-state index < -0.39 is 10.8 Å². The van der Waals surface area contributed by atoms with E-state index in [1.165, 1.54) is 36.8 Å². The van der Waals surface area contributed by atoms with Crippen LogP contribution in [0.15, 0.2) is 46.0 Å². The lowest BCUT2D eigenvalue weighted by atomic mass is 10.2. The number of hydrazone groups is 1. The van der Waals surface area contributed by atoms with Gasteiger partial charge in [-0.1, -0.05) is 0 Å². The number of thiophene rings is 1. The Morgan fingerprint density at radius 1 is 1.37 bits per heavy atom. The first-order valence-corrected chi connectivity index (χ1v) is 9.08. The molecule has 1 aromatic heterocycles. The SMILES string of the molecule is COc1cc(/C=N/NC(=O)c2cc3cc([N+](=O)[O-])ccc3s2)cc(Br)c1O. The maximum atomic E-state index is 12.2. The summed E-state index contributed by atoms with van der Waals surface area (Å²) in [5.41, 5.74) is 2.98. The number of nitro groups is 1. The summed E-state index contributed by atoms with van der Waals surface area (Å²) < 4.78 is 6.24. The van der Waals surface area contributed by atoms with E-state index in [0.717, 1.165) is 4.70 Å². The minimum absolute atomic E-state index is 0.0296. The van der Waals surface area contributed by atoms with Gasteiger partial charge in [-0.2, -0.15) is 5.10 Å². The van der Waals surface area contributed by atoms with Crippen molar-refractivity contribution >= 4 is 55.2 Å². The van der Waals surface area contributed by atoms with E-state index >= 15 is 0 Å². The smallest absolute Gasteiger partial charge is 0.281 e. The summed E-state index contributed by atoms with van der Waals surface area (Å²) in [5, 5.41) is 25.1. The molecule has 0 unspecified atom stereocenters. The summed E-state index contributed by atoms with van der Waals surface area (Å²) in [6.45, 7) is 0. The molecule has 0 atom stereocenters. The highest BCUT2D eigenvalue weighted by Crippen LogP contribution is 2.34. The number of nitro benzene ring substituents is 1. The number of halogens is 1. The molecule has 1 amide bonds. The van der Waals surface area contributed by atoms with Gasteiger partial charge in [-0.25, -0.2) is 5.43 Å². The number of benzene rings is 2. The maximum Gasteiger partial charge on any atom is 0.281 e. The summed E-state index contributed by atoms with van der Waals surface area (Å²) >= 11 is 4.42. The van der Waals surface area contributed by atoms with Crippen LogP contribution in [0.4, 0.5) is 5.69 Å². The number of aromatic hydroxyl groups is 1. The average molecular weight is 450 g/mol. The number of amides is 1. The predicted octanol–water partition coefficient (Wildman–Crippen LogP) is 4.05. The molecule has 0 fully saturated rings. The Bertz CT molecular complexity index is 1080. The molecule has 138 valence electrons. The van der Waals surface area contributed by atoms with E-state index in [1.54, 1.807) is 24.3 Å². The first-order chi connectivity index (χ1) is 12.9. The van der Waals surface area contributed by atoms with Gasteiger partial charge in [0, 0.05) is 22.2 Å². The Morgan fingerprint density at radius 3 is 2.85 bits per heavy atom. The van der Waals surface area contributed by atoms with Crippen molar-refractivity contribution in [2.24, 2.45) is 5.10 Å². The van der Waals surface area contributed by atoms with Crippen molar-refractivity contribution in [3.63, 3.8) is 0 Å². The van der Waals surface area contributed by atoms with Gasteiger partial charge in [0.15, 0.2) is 11.5 Å². The Morgan fingerprint density at radius 2 is 2.15 bits per heavy atom. The lowest BCUT2D eigenvalue weighted by molar-refractivity contribution is -0.384. The van der Waals surface area contributed by atoms with Crippen LogP contribution in [0.2, 0.25) is 0 Å². The van der Waals surface area contributed by atoms with Crippen molar-refractivity contribution in [2.45, 2.75) is 0 Å². The molecule has 2 N–H and O–H groups in total. The zero-order chi connectivity index (χ0) is 19.6. The normalized spacial score (nSPS) is 11.0. The number of nitrogens with one attached hydrogen (secondary N) is 1. The van der Waals surface area contributed by atoms with E-state index in [9.17, 15) is 20.0 Å². The predicted molar refractivity (Wildman–Crippen MR) is 106 cm³/mol. The average Bonchev–Trinajstić information content (AvgIpc) is 3.07. The molecule has 0 saturated heterocycles. The van der Waals surface area contributed by atoms with E-state index in [4.69, 9.17) is 4.74 Å². The van der Waals surface area contributed by atoms with Crippen LogP contribution in [0.3, 0.4) is 0 Å². The molecule has 27 heavy (non-hydrogen) atoms. The lowest BCUT2D eigenvalue weighted by Crippen LogP contribution is -2.16. The van der Waals surface area contributed by atoms with Crippen molar-refractivity contribution in [3.8, 4) is 11.5 Å². The molecule has 0 aliphatic carbocycles. The lowest BCUT2D eigenvalue weighted by Gasteiger charge is -2.06. The number of non-ortho nitro benzene ring substituents is 1. The fraction of sp³-hybridized carbons (Fsp3) is 0.0588. The van der Waals surface area contributed by atoms with E-state index in [2.05, 4.69) is 26.5 Å². The standard InChI is InChI=1S/C17H12BrN3O5S/c1-26-13-5-9(4-12(18)16(13)22)8-19-20-17(23)15-7-10-6-11(21(24)25)2-3-14(10)27-15/h2-8,22H,1H3,(H,20,23)/b19-8+. The third-order valence-corrected chi connectivity index (χ3v) is 5.30. The van der Waals surface area contributed by atoms with Crippen LogP contribution in [0.25, 0.3) is 10.1 Å².